The first-order chi connectivity index (χ1) is 10.5. The quantitative estimate of drug-likeness (QED) is 0.743. The highest BCUT2D eigenvalue weighted by atomic mass is 32.2. The molecule has 0 fully saturated rings. The zero-order chi connectivity index (χ0) is 16.0. The smallest absolute Gasteiger partial charge is 0.175 e. The predicted molar refractivity (Wildman–Crippen MR) is 86.5 cm³/mol. The topological polar surface area (TPSA) is 64.6 Å². The molecule has 0 aliphatic carbocycles. The molecule has 1 unspecified atom stereocenters. The van der Waals surface area contributed by atoms with Crippen molar-refractivity contribution in [2.24, 2.45) is 0 Å². The molecule has 0 bridgehead atoms. The monoisotopic (exact) mass is 327 g/mol. The summed E-state index contributed by atoms with van der Waals surface area (Å²) >= 11 is 0. The van der Waals surface area contributed by atoms with Gasteiger partial charge in [-0.3, -0.25) is 0 Å². The number of unbranched alkanes of at least 4 members (excludes halogenated alkanes) is 3. The summed E-state index contributed by atoms with van der Waals surface area (Å²) in [6.07, 6.45) is 6.01. The van der Waals surface area contributed by atoms with Gasteiger partial charge in [0.15, 0.2) is 21.3 Å². The zero-order valence-corrected chi connectivity index (χ0v) is 14.1. The SMILES string of the molecule is CCCCCCNCC1COc2ccc(S(C)(=O)=O)cc2O1. The summed E-state index contributed by atoms with van der Waals surface area (Å²) in [6.45, 7) is 4.35. The summed E-state index contributed by atoms with van der Waals surface area (Å²) in [4.78, 5) is 0.253. The van der Waals surface area contributed by atoms with Gasteiger partial charge in [-0.05, 0) is 25.1 Å². The number of fused-ring (bicyclic) bond motifs is 1. The fourth-order valence-corrected chi connectivity index (χ4v) is 3.00. The van der Waals surface area contributed by atoms with E-state index < -0.39 is 9.84 Å². The maximum Gasteiger partial charge on any atom is 0.175 e. The molecular weight excluding hydrogens is 302 g/mol. The first kappa shape index (κ1) is 17.1. The van der Waals surface area contributed by atoms with Crippen molar-refractivity contribution in [3.05, 3.63) is 18.2 Å². The fourth-order valence-electron chi connectivity index (χ4n) is 2.37. The van der Waals surface area contributed by atoms with Crippen LogP contribution in [0.3, 0.4) is 0 Å². The van der Waals surface area contributed by atoms with Crippen LogP contribution in [0.2, 0.25) is 0 Å². The van der Waals surface area contributed by atoms with Crippen LogP contribution in [0.4, 0.5) is 0 Å². The number of rotatable bonds is 8. The number of ether oxygens (including phenoxy) is 2. The van der Waals surface area contributed by atoms with E-state index in [1.807, 2.05) is 0 Å². The molecule has 5 nitrogen and oxygen atoms in total. The molecule has 1 aliphatic heterocycles. The Balaban J connectivity index is 1.85. The van der Waals surface area contributed by atoms with Gasteiger partial charge in [0.2, 0.25) is 0 Å². The number of benzene rings is 1. The summed E-state index contributed by atoms with van der Waals surface area (Å²) in [5.41, 5.74) is 0. The van der Waals surface area contributed by atoms with E-state index in [1.165, 1.54) is 31.6 Å². The van der Waals surface area contributed by atoms with Crippen LogP contribution in [0, 0.1) is 0 Å². The molecule has 1 heterocycles. The largest absolute Gasteiger partial charge is 0.486 e. The van der Waals surface area contributed by atoms with Gasteiger partial charge in [-0.25, -0.2) is 8.42 Å². The Morgan fingerprint density at radius 1 is 1.23 bits per heavy atom. The van der Waals surface area contributed by atoms with E-state index in [0.29, 0.717) is 24.7 Å². The van der Waals surface area contributed by atoms with Gasteiger partial charge in [0.1, 0.15) is 12.7 Å². The summed E-state index contributed by atoms with van der Waals surface area (Å²) in [7, 11) is -3.23. The second kappa shape index (κ2) is 7.83. The molecule has 1 atom stereocenters. The molecule has 1 N–H and O–H groups in total. The van der Waals surface area contributed by atoms with Gasteiger partial charge in [0.05, 0.1) is 4.90 Å². The van der Waals surface area contributed by atoms with Crippen LogP contribution in [0.15, 0.2) is 23.1 Å². The maximum atomic E-state index is 11.6. The molecule has 0 saturated carbocycles. The Labute approximate surface area is 132 Å². The van der Waals surface area contributed by atoms with Gasteiger partial charge in [-0.15, -0.1) is 0 Å². The van der Waals surface area contributed by atoms with Crippen molar-refractivity contribution in [3.63, 3.8) is 0 Å². The minimum atomic E-state index is -3.23. The molecule has 22 heavy (non-hydrogen) atoms. The summed E-state index contributed by atoms with van der Waals surface area (Å²) < 4.78 is 34.7. The maximum absolute atomic E-state index is 11.6. The van der Waals surface area contributed by atoms with Crippen molar-refractivity contribution in [2.45, 2.75) is 43.6 Å². The van der Waals surface area contributed by atoms with Gasteiger partial charge in [-0.1, -0.05) is 26.2 Å². The van der Waals surface area contributed by atoms with E-state index in [9.17, 15) is 8.42 Å². The van der Waals surface area contributed by atoms with E-state index >= 15 is 0 Å². The van der Waals surface area contributed by atoms with Gasteiger partial charge in [-0.2, -0.15) is 0 Å². The lowest BCUT2D eigenvalue weighted by molar-refractivity contribution is 0.0901. The van der Waals surface area contributed by atoms with Crippen molar-refractivity contribution in [2.75, 3.05) is 26.0 Å². The van der Waals surface area contributed by atoms with Crippen molar-refractivity contribution in [1.82, 2.24) is 5.32 Å². The normalized spacial score (nSPS) is 17.5. The van der Waals surface area contributed by atoms with Crippen LogP contribution in [-0.2, 0) is 9.84 Å². The third-order valence-electron chi connectivity index (χ3n) is 3.64. The average molecular weight is 327 g/mol. The molecule has 0 radical (unpaired) electrons. The van der Waals surface area contributed by atoms with Crippen LogP contribution < -0.4 is 14.8 Å². The predicted octanol–water partition coefficient (Wildman–Crippen LogP) is 2.40. The van der Waals surface area contributed by atoms with E-state index in [2.05, 4.69) is 12.2 Å². The molecular formula is C16H25NO4S. The van der Waals surface area contributed by atoms with Crippen LogP contribution in [0.5, 0.6) is 11.5 Å². The highest BCUT2D eigenvalue weighted by Gasteiger charge is 2.22. The Kier molecular flexibility index (Phi) is 6.08. The number of hydrogen-bond acceptors (Lipinski definition) is 5. The van der Waals surface area contributed by atoms with Gasteiger partial charge in [0, 0.05) is 18.9 Å². The number of nitrogens with one attached hydrogen (secondary N) is 1. The fraction of sp³-hybridized carbons (Fsp3) is 0.625. The number of hydrogen-bond donors (Lipinski definition) is 1. The first-order valence-electron chi connectivity index (χ1n) is 7.85. The standard InChI is InChI=1S/C16H25NO4S/c1-3-4-5-6-9-17-11-13-12-20-15-8-7-14(22(2,18)19)10-16(15)21-13/h7-8,10,13,17H,3-6,9,11-12H2,1-2H3. The van der Waals surface area contributed by atoms with Crippen LogP contribution in [0.1, 0.15) is 32.6 Å². The second-order valence-corrected chi connectivity index (χ2v) is 7.71. The minimum Gasteiger partial charge on any atom is -0.486 e. The van der Waals surface area contributed by atoms with Crippen LogP contribution in [-0.4, -0.2) is 40.5 Å². The molecule has 6 heteroatoms. The van der Waals surface area contributed by atoms with Crippen molar-refractivity contribution in [3.8, 4) is 11.5 Å². The molecule has 0 spiro atoms. The Morgan fingerprint density at radius 2 is 2.05 bits per heavy atom. The molecule has 0 saturated heterocycles. The lowest BCUT2D eigenvalue weighted by Gasteiger charge is -2.27. The molecule has 2 rings (SSSR count). The summed E-state index contributed by atoms with van der Waals surface area (Å²) in [5, 5.41) is 3.37. The van der Waals surface area contributed by atoms with E-state index in [0.717, 1.165) is 13.0 Å². The van der Waals surface area contributed by atoms with E-state index in [4.69, 9.17) is 9.47 Å². The highest BCUT2D eigenvalue weighted by molar-refractivity contribution is 7.90. The third-order valence-corrected chi connectivity index (χ3v) is 4.75. The average Bonchev–Trinajstić information content (AvgIpc) is 2.49. The van der Waals surface area contributed by atoms with Crippen molar-refractivity contribution in [1.29, 1.82) is 0 Å². The van der Waals surface area contributed by atoms with Crippen molar-refractivity contribution < 1.29 is 17.9 Å². The molecule has 1 aromatic rings. The van der Waals surface area contributed by atoms with Crippen LogP contribution in [0.25, 0.3) is 0 Å². The first-order valence-corrected chi connectivity index (χ1v) is 9.74. The van der Waals surface area contributed by atoms with Gasteiger partial charge >= 0.3 is 0 Å². The van der Waals surface area contributed by atoms with E-state index in [1.54, 1.807) is 12.1 Å². The minimum absolute atomic E-state index is 0.0894. The Morgan fingerprint density at radius 3 is 2.77 bits per heavy atom. The van der Waals surface area contributed by atoms with Crippen molar-refractivity contribution >= 4 is 9.84 Å². The third kappa shape index (κ3) is 4.88. The number of sulfone groups is 1. The molecule has 1 aliphatic rings. The molecule has 124 valence electrons. The Bertz CT molecular complexity index is 586. The zero-order valence-electron chi connectivity index (χ0n) is 13.3. The summed E-state index contributed by atoms with van der Waals surface area (Å²) in [6, 6.07) is 4.74. The lowest BCUT2D eigenvalue weighted by Crippen LogP contribution is -2.38. The lowest BCUT2D eigenvalue weighted by atomic mass is 10.2. The second-order valence-electron chi connectivity index (χ2n) is 5.70. The molecule has 0 amide bonds. The molecule has 0 aromatic heterocycles. The van der Waals surface area contributed by atoms with Gasteiger partial charge in [0.25, 0.3) is 0 Å². The van der Waals surface area contributed by atoms with E-state index in [-0.39, 0.29) is 11.0 Å². The highest BCUT2D eigenvalue weighted by Crippen LogP contribution is 2.33. The van der Waals surface area contributed by atoms with Crippen LogP contribution >= 0.6 is 0 Å². The van der Waals surface area contributed by atoms with Gasteiger partial charge < -0.3 is 14.8 Å². The summed E-state index contributed by atoms with van der Waals surface area (Å²) in [5.74, 6) is 1.11. The molecule has 1 aromatic carbocycles. The Hall–Kier alpha value is -1.27.